The van der Waals surface area contributed by atoms with E-state index in [-0.39, 0.29) is 17.2 Å². The van der Waals surface area contributed by atoms with E-state index < -0.39 is 16.8 Å². The van der Waals surface area contributed by atoms with Gasteiger partial charge in [-0.3, -0.25) is 14.9 Å². The second kappa shape index (κ2) is 6.46. The molecule has 0 aliphatic carbocycles. The third kappa shape index (κ3) is 3.02. The Kier molecular flexibility index (Phi) is 4.34. The number of anilines is 1. The fraction of sp³-hybridized carbons (Fsp3) is 0.467. The highest BCUT2D eigenvalue weighted by Crippen LogP contribution is 2.38. The Labute approximate surface area is 142 Å². The largest absolute Gasteiger partial charge is 0.481 e. The average Bonchev–Trinajstić information content (AvgIpc) is 2.92. The first-order valence-electron chi connectivity index (χ1n) is 7.80. The van der Waals surface area contributed by atoms with Crippen molar-refractivity contribution in [3.63, 3.8) is 0 Å². The molecule has 2 aromatic heterocycles. The smallest absolute Gasteiger partial charge is 0.337 e. The molecule has 10 nitrogen and oxygen atoms in total. The molecule has 0 aromatic carbocycles. The van der Waals surface area contributed by atoms with Crippen LogP contribution >= 0.6 is 0 Å². The Morgan fingerprint density at radius 3 is 2.56 bits per heavy atom. The van der Waals surface area contributed by atoms with Gasteiger partial charge in [0.2, 0.25) is 5.82 Å². The Morgan fingerprint density at radius 1 is 1.36 bits per heavy atom. The molecule has 2 aromatic rings. The van der Waals surface area contributed by atoms with Gasteiger partial charge in [-0.15, -0.1) is 0 Å². The number of hydrogen-bond donors (Lipinski definition) is 1. The number of aryl methyl sites for hydroxylation is 2. The lowest BCUT2D eigenvalue weighted by Gasteiger charge is -2.30. The van der Waals surface area contributed by atoms with Crippen molar-refractivity contribution in [2.24, 2.45) is 5.92 Å². The van der Waals surface area contributed by atoms with E-state index in [0.29, 0.717) is 42.9 Å². The molecular formula is C15H17N5O5. The first kappa shape index (κ1) is 16.8. The van der Waals surface area contributed by atoms with Gasteiger partial charge in [-0.25, -0.2) is 9.97 Å². The zero-order chi connectivity index (χ0) is 18.1. The molecule has 0 spiro atoms. The van der Waals surface area contributed by atoms with Crippen LogP contribution in [0.3, 0.4) is 0 Å². The second-order valence-corrected chi connectivity index (χ2v) is 5.95. The van der Waals surface area contributed by atoms with Crippen LogP contribution in [0.15, 0.2) is 10.9 Å². The molecule has 1 aliphatic rings. The van der Waals surface area contributed by atoms with Crippen molar-refractivity contribution in [3.8, 4) is 11.3 Å². The van der Waals surface area contributed by atoms with Gasteiger partial charge in [-0.1, -0.05) is 5.16 Å². The molecule has 0 saturated carbocycles. The normalized spacial score (nSPS) is 15.4. The third-order valence-corrected chi connectivity index (χ3v) is 4.40. The van der Waals surface area contributed by atoms with E-state index in [9.17, 15) is 14.9 Å². The van der Waals surface area contributed by atoms with Crippen LogP contribution < -0.4 is 4.90 Å². The number of aromatic nitrogens is 3. The van der Waals surface area contributed by atoms with Gasteiger partial charge in [-0.05, 0) is 26.7 Å². The van der Waals surface area contributed by atoms with Crippen LogP contribution in [0.2, 0.25) is 0 Å². The van der Waals surface area contributed by atoms with Gasteiger partial charge in [0, 0.05) is 13.1 Å². The molecule has 0 unspecified atom stereocenters. The summed E-state index contributed by atoms with van der Waals surface area (Å²) in [6, 6.07) is 0. The first-order valence-corrected chi connectivity index (χ1v) is 7.80. The summed E-state index contributed by atoms with van der Waals surface area (Å²) in [5.41, 5.74) is 0.933. The molecule has 3 rings (SSSR count). The van der Waals surface area contributed by atoms with Crippen LogP contribution in [0.25, 0.3) is 11.3 Å². The van der Waals surface area contributed by atoms with Gasteiger partial charge in [0.1, 0.15) is 12.1 Å². The van der Waals surface area contributed by atoms with Crippen LogP contribution in [0, 0.1) is 29.9 Å². The van der Waals surface area contributed by atoms with Gasteiger partial charge in [0.15, 0.2) is 5.69 Å². The van der Waals surface area contributed by atoms with Crippen molar-refractivity contribution in [1.29, 1.82) is 0 Å². The quantitative estimate of drug-likeness (QED) is 0.650. The number of hydrogen-bond acceptors (Lipinski definition) is 8. The Balaban J connectivity index is 2.03. The number of piperidine rings is 1. The maximum Gasteiger partial charge on any atom is 0.337 e. The predicted octanol–water partition coefficient (Wildman–Crippen LogP) is 1.96. The van der Waals surface area contributed by atoms with Crippen molar-refractivity contribution in [3.05, 3.63) is 27.9 Å². The minimum Gasteiger partial charge on any atom is -0.481 e. The van der Waals surface area contributed by atoms with Gasteiger partial charge in [0.05, 0.1) is 22.1 Å². The summed E-state index contributed by atoms with van der Waals surface area (Å²) in [6.07, 6.45) is 2.10. The number of carboxylic acids is 1. The van der Waals surface area contributed by atoms with Crippen molar-refractivity contribution >= 4 is 17.5 Å². The Hall–Kier alpha value is -3.04. The molecule has 1 aliphatic heterocycles. The molecule has 10 heteroatoms. The topological polar surface area (TPSA) is 135 Å². The molecule has 132 valence electrons. The number of carbonyl (C=O) groups is 1. The van der Waals surface area contributed by atoms with Crippen LogP contribution in [0.5, 0.6) is 0 Å². The molecule has 1 saturated heterocycles. The van der Waals surface area contributed by atoms with E-state index in [2.05, 4.69) is 15.1 Å². The highest BCUT2D eigenvalue weighted by Gasteiger charge is 2.33. The van der Waals surface area contributed by atoms with Gasteiger partial charge in [0.25, 0.3) is 0 Å². The molecule has 0 atom stereocenters. The van der Waals surface area contributed by atoms with E-state index in [1.54, 1.807) is 18.7 Å². The third-order valence-electron chi connectivity index (χ3n) is 4.40. The van der Waals surface area contributed by atoms with Crippen LogP contribution in [-0.4, -0.2) is 44.2 Å². The lowest BCUT2D eigenvalue weighted by atomic mass is 9.97. The summed E-state index contributed by atoms with van der Waals surface area (Å²) < 4.78 is 5.10. The predicted molar refractivity (Wildman–Crippen MR) is 86.2 cm³/mol. The van der Waals surface area contributed by atoms with Crippen LogP contribution in [-0.2, 0) is 4.79 Å². The molecule has 1 N–H and O–H groups in total. The minimum absolute atomic E-state index is 0.159. The first-order chi connectivity index (χ1) is 11.9. The van der Waals surface area contributed by atoms with Gasteiger partial charge >= 0.3 is 11.7 Å². The summed E-state index contributed by atoms with van der Waals surface area (Å²) >= 11 is 0. The number of nitro groups is 1. The van der Waals surface area contributed by atoms with Gasteiger partial charge in [-0.2, -0.15) is 0 Å². The summed E-state index contributed by atoms with van der Waals surface area (Å²) in [6.45, 7) is 4.13. The van der Waals surface area contributed by atoms with Crippen molar-refractivity contribution in [2.45, 2.75) is 26.7 Å². The molecule has 0 bridgehead atoms. The lowest BCUT2D eigenvalue weighted by Crippen LogP contribution is -2.37. The maximum atomic E-state index is 11.7. The fourth-order valence-corrected chi connectivity index (χ4v) is 3.11. The Morgan fingerprint density at radius 2 is 2.04 bits per heavy atom. The molecule has 3 heterocycles. The van der Waals surface area contributed by atoms with E-state index >= 15 is 0 Å². The van der Waals surface area contributed by atoms with Crippen molar-refractivity contribution < 1.29 is 19.3 Å². The number of nitrogens with zero attached hydrogens (tertiary/aromatic N) is 5. The number of rotatable bonds is 4. The van der Waals surface area contributed by atoms with E-state index in [4.69, 9.17) is 9.63 Å². The average molecular weight is 347 g/mol. The monoisotopic (exact) mass is 347 g/mol. The fourth-order valence-electron chi connectivity index (χ4n) is 3.11. The standard InChI is InChI=1S/C15H17N5O5/c1-8-11(9(2)25-18-8)12-13(20(23)24)14(17-7-16-12)19-5-3-10(4-6-19)15(21)22/h7,10H,3-6H2,1-2H3,(H,21,22). The zero-order valence-electron chi connectivity index (χ0n) is 13.8. The summed E-state index contributed by atoms with van der Waals surface area (Å²) in [5.74, 6) is -0.638. The van der Waals surface area contributed by atoms with Crippen LogP contribution in [0.1, 0.15) is 24.3 Å². The van der Waals surface area contributed by atoms with E-state index in [0.717, 1.165) is 0 Å². The zero-order valence-corrected chi connectivity index (χ0v) is 13.8. The van der Waals surface area contributed by atoms with Gasteiger partial charge < -0.3 is 14.5 Å². The van der Waals surface area contributed by atoms with E-state index in [1.165, 1.54) is 6.33 Å². The molecule has 0 amide bonds. The molecule has 25 heavy (non-hydrogen) atoms. The highest BCUT2D eigenvalue weighted by atomic mass is 16.6. The second-order valence-electron chi connectivity index (χ2n) is 5.95. The number of carboxylic acid groups (broad SMARTS) is 1. The number of aliphatic carboxylic acids is 1. The highest BCUT2D eigenvalue weighted by molar-refractivity contribution is 5.79. The minimum atomic E-state index is -0.840. The van der Waals surface area contributed by atoms with Crippen LogP contribution in [0.4, 0.5) is 11.5 Å². The van der Waals surface area contributed by atoms with Crippen molar-refractivity contribution in [1.82, 2.24) is 15.1 Å². The molecular weight excluding hydrogens is 330 g/mol. The molecule has 1 fully saturated rings. The summed E-state index contributed by atoms with van der Waals surface area (Å²) in [4.78, 5) is 32.2. The summed E-state index contributed by atoms with van der Waals surface area (Å²) in [5, 5.41) is 24.7. The molecule has 0 radical (unpaired) electrons. The maximum absolute atomic E-state index is 11.7. The Bertz CT molecular complexity index is 806. The summed E-state index contributed by atoms with van der Waals surface area (Å²) in [7, 11) is 0. The SMILES string of the molecule is Cc1noc(C)c1-c1ncnc(N2CCC(C(=O)O)CC2)c1[N+](=O)[O-]. The van der Waals surface area contributed by atoms with Crippen molar-refractivity contribution in [2.75, 3.05) is 18.0 Å². The van der Waals surface area contributed by atoms with E-state index in [1.807, 2.05) is 0 Å². The lowest BCUT2D eigenvalue weighted by molar-refractivity contribution is -0.383.